The first-order valence-electron chi connectivity index (χ1n) is 13.4. The van der Waals surface area contributed by atoms with Crippen molar-refractivity contribution in [2.75, 3.05) is 4.90 Å². The molecule has 0 saturated carbocycles. The van der Waals surface area contributed by atoms with E-state index >= 15 is 0 Å². The average Bonchev–Trinajstić information content (AvgIpc) is 3.01. The van der Waals surface area contributed by atoms with Gasteiger partial charge < -0.3 is 4.90 Å². The van der Waals surface area contributed by atoms with Crippen molar-refractivity contribution in [3.8, 4) is 11.1 Å². The standard InChI is InChI=1S/C36H22BBr2N/c38-27-13-16-33-30(20-27)35-31-15-12-26(24-9-5-2-6-10-24)22-37(31)32-19-25(23-7-3-1-4-8-23)11-14-29(32)36(35)34-21-28(39)17-18-40(33)34/h1-22H. The minimum atomic E-state index is 0.142. The maximum Gasteiger partial charge on any atom is 0.236 e. The van der Waals surface area contributed by atoms with Gasteiger partial charge in [-0.3, -0.25) is 0 Å². The van der Waals surface area contributed by atoms with Gasteiger partial charge >= 0.3 is 0 Å². The Bertz CT molecular complexity index is 1910. The molecular weight excluding hydrogens is 617 g/mol. The zero-order valence-electron chi connectivity index (χ0n) is 21.5. The van der Waals surface area contributed by atoms with Crippen molar-refractivity contribution in [1.29, 1.82) is 0 Å². The van der Waals surface area contributed by atoms with Crippen molar-refractivity contribution in [2.45, 2.75) is 0 Å². The molecule has 0 saturated heterocycles. The Balaban J connectivity index is 1.45. The minimum absolute atomic E-state index is 0.142. The fraction of sp³-hybridized carbons (Fsp3) is 0. The van der Waals surface area contributed by atoms with Gasteiger partial charge in [0.15, 0.2) is 0 Å². The van der Waals surface area contributed by atoms with Crippen LogP contribution in [-0.2, 0) is 0 Å². The molecule has 4 aromatic carbocycles. The van der Waals surface area contributed by atoms with Crippen molar-refractivity contribution >= 4 is 66.4 Å². The fourth-order valence-electron chi connectivity index (χ4n) is 6.42. The lowest BCUT2D eigenvalue weighted by molar-refractivity contribution is 1.17. The molecule has 8 rings (SSSR count). The van der Waals surface area contributed by atoms with Crippen LogP contribution in [-0.4, -0.2) is 6.71 Å². The van der Waals surface area contributed by atoms with Crippen molar-refractivity contribution in [2.24, 2.45) is 0 Å². The molecule has 0 fully saturated rings. The highest BCUT2D eigenvalue weighted by atomic mass is 79.9. The van der Waals surface area contributed by atoms with Crippen LogP contribution in [0.25, 0.3) is 27.8 Å². The van der Waals surface area contributed by atoms with Gasteiger partial charge in [0.05, 0.1) is 11.4 Å². The molecular formula is C36H22BBr2N. The van der Waals surface area contributed by atoms with Crippen LogP contribution in [0.4, 0.5) is 5.69 Å². The third-order valence-corrected chi connectivity index (χ3v) is 9.18. The number of hydrogen-bond donors (Lipinski definition) is 0. The first-order chi connectivity index (χ1) is 19.7. The second-order valence-corrected chi connectivity index (χ2v) is 12.3. The Morgan fingerprint density at radius 1 is 0.625 bits per heavy atom. The summed E-state index contributed by atoms with van der Waals surface area (Å²) in [4.78, 5) is 2.33. The highest BCUT2D eigenvalue weighted by molar-refractivity contribution is 9.12. The highest BCUT2D eigenvalue weighted by Gasteiger charge is 2.39. The highest BCUT2D eigenvalue weighted by Crippen LogP contribution is 2.52. The van der Waals surface area contributed by atoms with Crippen LogP contribution in [0.2, 0.25) is 0 Å². The first-order valence-corrected chi connectivity index (χ1v) is 15.0. The van der Waals surface area contributed by atoms with E-state index in [1.807, 2.05) is 0 Å². The molecule has 0 amide bonds. The summed E-state index contributed by atoms with van der Waals surface area (Å²) >= 11 is 7.54. The predicted octanol–water partition coefficient (Wildman–Crippen LogP) is 9.35. The lowest BCUT2D eigenvalue weighted by atomic mass is 9.34. The molecule has 0 unspecified atom stereocenters. The second kappa shape index (κ2) is 9.37. The maximum atomic E-state index is 3.78. The van der Waals surface area contributed by atoms with Gasteiger partial charge in [-0.1, -0.05) is 140 Å². The van der Waals surface area contributed by atoms with E-state index in [0.717, 1.165) is 8.96 Å². The molecule has 188 valence electrons. The van der Waals surface area contributed by atoms with Gasteiger partial charge in [0.1, 0.15) is 0 Å². The van der Waals surface area contributed by atoms with E-state index in [4.69, 9.17) is 0 Å². The minimum Gasteiger partial charge on any atom is -0.316 e. The molecule has 40 heavy (non-hydrogen) atoms. The van der Waals surface area contributed by atoms with E-state index in [-0.39, 0.29) is 6.71 Å². The Morgan fingerprint density at radius 3 is 2.20 bits per heavy atom. The Hall–Kier alpha value is -3.86. The molecule has 4 heteroatoms. The van der Waals surface area contributed by atoms with Gasteiger partial charge in [-0.15, -0.1) is 0 Å². The van der Waals surface area contributed by atoms with Crippen molar-refractivity contribution in [3.05, 3.63) is 170 Å². The van der Waals surface area contributed by atoms with Crippen LogP contribution < -0.4 is 10.4 Å². The van der Waals surface area contributed by atoms with E-state index in [1.165, 1.54) is 66.9 Å². The van der Waals surface area contributed by atoms with Gasteiger partial charge in [-0.25, -0.2) is 0 Å². The molecule has 0 aromatic heterocycles. The molecule has 4 aromatic rings. The number of nitrogens with zero attached hydrogens (tertiary/aromatic N) is 1. The lowest BCUT2D eigenvalue weighted by Crippen LogP contribution is -2.40. The molecule has 1 nitrogen and oxygen atoms in total. The van der Waals surface area contributed by atoms with Gasteiger partial charge in [0.25, 0.3) is 0 Å². The Labute approximate surface area is 251 Å². The van der Waals surface area contributed by atoms with Crippen LogP contribution in [0.15, 0.2) is 154 Å². The summed E-state index contributed by atoms with van der Waals surface area (Å²) in [7, 11) is 0. The van der Waals surface area contributed by atoms with Gasteiger partial charge in [0.2, 0.25) is 6.71 Å². The van der Waals surface area contributed by atoms with E-state index in [2.05, 4.69) is 170 Å². The van der Waals surface area contributed by atoms with Crippen LogP contribution in [0.1, 0.15) is 16.7 Å². The molecule has 0 N–H and O–H groups in total. The predicted molar refractivity (Wildman–Crippen MR) is 177 cm³/mol. The SMILES string of the molecule is BrC1=CC2=C3C(=C4C=CC(c5ccccc5)=CB4c4cc(-c5ccccc5)ccc43)c3cc(Br)ccc3N2C=C1. The van der Waals surface area contributed by atoms with E-state index in [9.17, 15) is 0 Å². The zero-order chi connectivity index (χ0) is 26.8. The smallest absolute Gasteiger partial charge is 0.236 e. The summed E-state index contributed by atoms with van der Waals surface area (Å²) in [6.07, 6.45) is 11.2. The second-order valence-electron chi connectivity index (χ2n) is 10.4. The largest absolute Gasteiger partial charge is 0.316 e. The van der Waals surface area contributed by atoms with Crippen LogP contribution >= 0.6 is 31.9 Å². The van der Waals surface area contributed by atoms with E-state index < -0.39 is 0 Å². The molecule has 4 heterocycles. The zero-order valence-corrected chi connectivity index (χ0v) is 24.7. The van der Waals surface area contributed by atoms with Crippen molar-refractivity contribution < 1.29 is 0 Å². The number of anilines is 1. The van der Waals surface area contributed by atoms with Crippen LogP contribution in [0.3, 0.4) is 0 Å². The van der Waals surface area contributed by atoms with Crippen LogP contribution in [0.5, 0.6) is 0 Å². The fourth-order valence-corrected chi connectivity index (χ4v) is 7.11. The summed E-state index contributed by atoms with van der Waals surface area (Å²) in [5, 5.41) is 0. The topological polar surface area (TPSA) is 3.24 Å². The first kappa shape index (κ1) is 24.0. The van der Waals surface area contributed by atoms with Crippen molar-refractivity contribution in [1.82, 2.24) is 0 Å². The normalized spacial score (nSPS) is 16.6. The molecule has 0 aliphatic carbocycles. The summed E-state index contributed by atoms with van der Waals surface area (Å²) in [6, 6.07) is 35.1. The summed E-state index contributed by atoms with van der Waals surface area (Å²) < 4.78 is 2.16. The monoisotopic (exact) mass is 637 g/mol. The summed E-state index contributed by atoms with van der Waals surface area (Å²) in [5.74, 6) is 2.46. The summed E-state index contributed by atoms with van der Waals surface area (Å²) in [5.41, 5.74) is 15.2. The number of hydrogen-bond acceptors (Lipinski definition) is 1. The quantitative estimate of drug-likeness (QED) is 0.198. The molecule has 0 bridgehead atoms. The molecule has 0 spiro atoms. The lowest BCUT2D eigenvalue weighted by Gasteiger charge is -2.40. The number of allylic oxidation sites excluding steroid dienone is 9. The van der Waals surface area contributed by atoms with Gasteiger partial charge in [-0.05, 0) is 63.8 Å². The van der Waals surface area contributed by atoms with E-state index in [0.29, 0.717) is 0 Å². The molecule has 4 aliphatic rings. The Morgan fingerprint density at radius 2 is 1.40 bits per heavy atom. The number of fused-ring (bicyclic) bond motifs is 9. The van der Waals surface area contributed by atoms with Gasteiger partial charge in [0, 0.05) is 26.3 Å². The average molecular weight is 639 g/mol. The maximum absolute atomic E-state index is 3.78. The van der Waals surface area contributed by atoms with Gasteiger partial charge in [-0.2, -0.15) is 0 Å². The van der Waals surface area contributed by atoms with Crippen LogP contribution in [0, 0.1) is 0 Å². The molecule has 0 atom stereocenters. The third kappa shape index (κ3) is 3.74. The third-order valence-electron chi connectivity index (χ3n) is 8.19. The van der Waals surface area contributed by atoms with E-state index in [1.54, 1.807) is 0 Å². The molecule has 4 aliphatic heterocycles. The number of rotatable bonds is 2. The van der Waals surface area contributed by atoms with Crippen molar-refractivity contribution in [3.63, 3.8) is 0 Å². The molecule has 0 radical (unpaired) electrons. The summed E-state index contributed by atoms with van der Waals surface area (Å²) in [6.45, 7) is 0.142. The number of benzene rings is 4. The number of halogens is 2. The Kier molecular flexibility index (Phi) is 5.62.